The van der Waals surface area contributed by atoms with Crippen molar-refractivity contribution in [1.29, 1.82) is 0 Å². The van der Waals surface area contributed by atoms with Crippen LogP contribution in [0.4, 0.5) is 0 Å². The first-order chi connectivity index (χ1) is 8.31. The van der Waals surface area contributed by atoms with Crippen molar-refractivity contribution in [2.24, 2.45) is 5.84 Å². The third-order valence-electron chi connectivity index (χ3n) is 2.92. The molecule has 102 valence electrons. The van der Waals surface area contributed by atoms with Crippen molar-refractivity contribution in [2.45, 2.75) is 52.7 Å². The van der Waals surface area contributed by atoms with Crippen LogP contribution in [0.5, 0.6) is 0 Å². The van der Waals surface area contributed by atoms with E-state index in [0.29, 0.717) is 6.61 Å². The van der Waals surface area contributed by atoms with E-state index in [2.05, 4.69) is 58.2 Å². The number of nitrogens with one attached hydrogen (secondary N) is 1. The van der Waals surface area contributed by atoms with E-state index >= 15 is 0 Å². The molecule has 1 rings (SSSR count). The van der Waals surface area contributed by atoms with Gasteiger partial charge in [0.1, 0.15) is 0 Å². The summed E-state index contributed by atoms with van der Waals surface area (Å²) < 4.78 is 5.78. The van der Waals surface area contributed by atoms with Gasteiger partial charge < -0.3 is 4.74 Å². The molecule has 0 aliphatic carbocycles. The fraction of sp³-hybridized carbons (Fsp3) is 0.600. The Kier molecular flexibility index (Phi) is 5.32. The van der Waals surface area contributed by atoms with Crippen molar-refractivity contribution in [3.05, 3.63) is 34.9 Å². The van der Waals surface area contributed by atoms with Crippen LogP contribution in [0.2, 0.25) is 0 Å². The standard InChI is InChI=1S/C15H26N2O/c1-11-6-7-12(2)13(8-11)9-14(17-16)10-18-15(3,4)5/h6-8,14,17H,9-10,16H2,1-5H3. The van der Waals surface area contributed by atoms with Crippen molar-refractivity contribution >= 4 is 0 Å². The zero-order chi connectivity index (χ0) is 13.8. The van der Waals surface area contributed by atoms with Gasteiger partial charge in [0.15, 0.2) is 0 Å². The summed E-state index contributed by atoms with van der Waals surface area (Å²) in [6.07, 6.45) is 0.889. The number of benzene rings is 1. The largest absolute Gasteiger partial charge is 0.374 e. The summed E-state index contributed by atoms with van der Waals surface area (Å²) in [4.78, 5) is 0. The summed E-state index contributed by atoms with van der Waals surface area (Å²) in [7, 11) is 0. The second kappa shape index (κ2) is 6.32. The molecule has 0 saturated carbocycles. The van der Waals surface area contributed by atoms with E-state index in [9.17, 15) is 0 Å². The van der Waals surface area contributed by atoms with E-state index in [1.807, 2.05) is 0 Å². The lowest BCUT2D eigenvalue weighted by Crippen LogP contribution is -2.42. The predicted octanol–water partition coefficient (Wildman–Crippen LogP) is 2.49. The summed E-state index contributed by atoms with van der Waals surface area (Å²) in [6, 6.07) is 6.65. The Morgan fingerprint density at radius 2 is 1.94 bits per heavy atom. The molecule has 0 aliphatic rings. The van der Waals surface area contributed by atoms with Gasteiger partial charge in [-0.1, -0.05) is 23.8 Å². The number of hydrazine groups is 1. The summed E-state index contributed by atoms with van der Waals surface area (Å²) in [5.74, 6) is 5.61. The van der Waals surface area contributed by atoms with E-state index in [1.54, 1.807) is 0 Å². The Morgan fingerprint density at radius 3 is 2.50 bits per heavy atom. The van der Waals surface area contributed by atoms with Gasteiger partial charge in [0.2, 0.25) is 0 Å². The summed E-state index contributed by atoms with van der Waals surface area (Å²) in [6.45, 7) is 11.0. The number of nitrogens with two attached hydrogens (primary N) is 1. The SMILES string of the molecule is Cc1ccc(C)c(CC(COC(C)(C)C)NN)c1. The van der Waals surface area contributed by atoms with Gasteiger partial charge in [-0.2, -0.15) is 0 Å². The summed E-state index contributed by atoms with van der Waals surface area (Å²) >= 11 is 0. The molecule has 0 fully saturated rings. The van der Waals surface area contributed by atoms with Crippen LogP contribution < -0.4 is 11.3 Å². The van der Waals surface area contributed by atoms with Crippen molar-refractivity contribution in [3.63, 3.8) is 0 Å². The van der Waals surface area contributed by atoms with Gasteiger partial charge in [-0.15, -0.1) is 0 Å². The number of hydrogen-bond acceptors (Lipinski definition) is 3. The smallest absolute Gasteiger partial charge is 0.0643 e. The minimum atomic E-state index is -0.128. The lowest BCUT2D eigenvalue weighted by atomic mass is 9.99. The maximum Gasteiger partial charge on any atom is 0.0643 e. The topological polar surface area (TPSA) is 47.3 Å². The van der Waals surface area contributed by atoms with E-state index in [-0.39, 0.29) is 11.6 Å². The van der Waals surface area contributed by atoms with Crippen molar-refractivity contribution in [2.75, 3.05) is 6.61 Å². The van der Waals surface area contributed by atoms with Crippen LogP contribution >= 0.6 is 0 Å². The Bertz CT molecular complexity index is 383. The molecule has 0 aromatic heterocycles. The quantitative estimate of drug-likeness (QED) is 0.623. The Balaban J connectivity index is 2.65. The minimum Gasteiger partial charge on any atom is -0.374 e. The van der Waals surface area contributed by atoms with Crippen LogP contribution in [0.1, 0.15) is 37.5 Å². The first-order valence-electron chi connectivity index (χ1n) is 6.48. The summed E-state index contributed by atoms with van der Waals surface area (Å²) in [5, 5.41) is 0. The van der Waals surface area contributed by atoms with Crippen LogP contribution in [0, 0.1) is 13.8 Å². The number of aryl methyl sites for hydroxylation is 2. The van der Waals surface area contributed by atoms with E-state index in [4.69, 9.17) is 10.6 Å². The molecular formula is C15H26N2O. The van der Waals surface area contributed by atoms with E-state index < -0.39 is 0 Å². The van der Waals surface area contributed by atoms with Crippen molar-refractivity contribution in [3.8, 4) is 0 Å². The molecule has 0 bridgehead atoms. The van der Waals surface area contributed by atoms with Gasteiger partial charge in [-0.3, -0.25) is 11.3 Å². The number of ether oxygens (including phenoxy) is 1. The first-order valence-corrected chi connectivity index (χ1v) is 6.48. The number of hydrogen-bond donors (Lipinski definition) is 2. The van der Waals surface area contributed by atoms with Gasteiger partial charge in [0, 0.05) is 6.04 Å². The van der Waals surface area contributed by atoms with Crippen LogP contribution in [0.3, 0.4) is 0 Å². The molecule has 0 radical (unpaired) electrons. The molecule has 3 heteroatoms. The average Bonchev–Trinajstić information content (AvgIpc) is 2.27. The molecule has 0 saturated heterocycles. The maximum absolute atomic E-state index is 5.78. The molecule has 0 spiro atoms. The Hall–Kier alpha value is -0.900. The molecule has 0 heterocycles. The molecule has 3 N–H and O–H groups in total. The second-order valence-electron chi connectivity index (χ2n) is 5.92. The first kappa shape index (κ1) is 15.2. The zero-order valence-corrected chi connectivity index (χ0v) is 12.2. The number of rotatable bonds is 5. The minimum absolute atomic E-state index is 0.128. The highest BCUT2D eigenvalue weighted by Gasteiger charge is 2.15. The zero-order valence-electron chi connectivity index (χ0n) is 12.2. The lowest BCUT2D eigenvalue weighted by Gasteiger charge is -2.24. The Labute approximate surface area is 111 Å². The molecule has 1 aromatic carbocycles. The molecular weight excluding hydrogens is 224 g/mol. The third kappa shape index (κ3) is 5.17. The molecule has 1 atom stereocenters. The van der Waals surface area contributed by atoms with Gasteiger partial charge in [-0.05, 0) is 52.2 Å². The predicted molar refractivity (Wildman–Crippen MR) is 76.4 cm³/mol. The highest BCUT2D eigenvalue weighted by atomic mass is 16.5. The maximum atomic E-state index is 5.78. The molecule has 0 amide bonds. The van der Waals surface area contributed by atoms with Crippen LogP contribution in [0.25, 0.3) is 0 Å². The van der Waals surface area contributed by atoms with Crippen molar-refractivity contribution < 1.29 is 4.74 Å². The normalized spacial score (nSPS) is 13.7. The van der Waals surface area contributed by atoms with Gasteiger partial charge in [-0.25, -0.2) is 0 Å². The van der Waals surface area contributed by atoms with E-state index in [0.717, 1.165) is 6.42 Å². The monoisotopic (exact) mass is 250 g/mol. The molecule has 0 aliphatic heterocycles. The molecule has 3 nitrogen and oxygen atoms in total. The van der Waals surface area contributed by atoms with Crippen molar-refractivity contribution in [1.82, 2.24) is 5.43 Å². The fourth-order valence-electron chi connectivity index (χ4n) is 1.80. The fourth-order valence-corrected chi connectivity index (χ4v) is 1.80. The lowest BCUT2D eigenvalue weighted by molar-refractivity contribution is -0.0143. The third-order valence-corrected chi connectivity index (χ3v) is 2.92. The second-order valence-corrected chi connectivity index (χ2v) is 5.92. The highest BCUT2D eigenvalue weighted by molar-refractivity contribution is 5.31. The van der Waals surface area contributed by atoms with Gasteiger partial charge in [0.25, 0.3) is 0 Å². The van der Waals surface area contributed by atoms with Gasteiger partial charge in [0.05, 0.1) is 12.2 Å². The molecule has 1 aromatic rings. The van der Waals surface area contributed by atoms with E-state index in [1.165, 1.54) is 16.7 Å². The molecule has 1 unspecified atom stereocenters. The van der Waals surface area contributed by atoms with Gasteiger partial charge >= 0.3 is 0 Å². The Morgan fingerprint density at radius 1 is 1.28 bits per heavy atom. The molecule has 18 heavy (non-hydrogen) atoms. The van der Waals surface area contributed by atoms with Crippen LogP contribution in [-0.4, -0.2) is 18.2 Å². The highest BCUT2D eigenvalue weighted by Crippen LogP contribution is 2.14. The average molecular weight is 250 g/mol. The van der Waals surface area contributed by atoms with Crippen LogP contribution in [0.15, 0.2) is 18.2 Å². The summed E-state index contributed by atoms with van der Waals surface area (Å²) in [5.41, 5.74) is 6.63. The van der Waals surface area contributed by atoms with Crippen LogP contribution in [-0.2, 0) is 11.2 Å².